The molecule has 0 aliphatic heterocycles. The molecule has 0 fully saturated rings. The number of aromatic amines is 1. The first-order valence-corrected chi connectivity index (χ1v) is 5.29. The lowest BCUT2D eigenvalue weighted by molar-refractivity contribution is 0.0773. The Morgan fingerprint density at radius 1 is 1.47 bits per heavy atom. The second-order valence-corrected chi connectivity index (χ2v) is 3.66. The first kappa shape index (κ1) is 10.2. The van der Waals surface area contributed by atoms with Crippen molar-refractivity contribution in [1.82, 2.24) is 9.97 Å². The number of aromatic nitrogens is 2. The Bertz CT molecular complexity index is 462. The third-order valence-electron chi connectivity index (χ3n) is 2.52. The second-order valence-electron chi connectivity index (χ2n) is 3.66. The van der Waals surface area contributed by atoms with Crippen molar-refractivity contribution >= 4 is 11.0 Å². The van der Waals surface area contributed by atoms with E-state index < -0.39 is 0 Å². The van der Waals surface area contributed by atoms with Gasteiger partial charge in [0.2, 0.25) is 0 Å². The van der Waals surface area contributed by atoms with Gasteiger partial charge in [-0.1, -0.05) is 12.1 Å². The molecule has 3 heteroatoms. The Morgan fingerprint density at radius 3 is 3.00 bits per heavy atom. The van der Waals surface area contributed by atoms with E-state index in [0.717, 1.165) is 23.5 Å². The van der Waals surface area contributed by atoms with Crippen LogP contribution in [0.2, 0.25) is 0 Å². The minimum Gasteiger partial charge on any atom is -0.374 e. The smallest absolute Gasteiger partial charge is 0.104 e. The Labute approximate surface area is 89.5 Å². The molecule has 0 saturated carbocycles. The van der Waals surface area contributed by atoms with Crippen LogP contribution < -0.4 is 0 Å². The lowest BCUT2D eigenvalue weighted by Crippen LogP contribution is -2.00. The van der Waals surface area contributed by atoms with Crippen LogP contribution in [0.25, 0.3) is 11.0 Å². The number of fused-ring (bicyclic) bond motifs is 1. The third kappa shape index (κ3) is 1.88. The highest BCUT2D eigenvalue weighted by Gasteiger charge is 2.11. The number of H-pyrrole nitrogens is 1. The molecule has 1 heterocycles. The maximum Gasteiger partial charge on any atom is 0.104 e. The van der Waals surface area contributed by atoms with Crippen molar-refractivity contribution < 1.29 is 4.74 Å². The van der Waals surface area contributed by atoms with Crippen LogP contribution in [0.5, 0.6) is 0 Å². The van der Waals surface area contributed by atoms with E-state index in [1.807, 2.05) is 26.0 Å². The number of benzene rings is 1. The van der Waals surface area contributed by atoms with Gasteiger partial charge in [-0.3, -0.25) is 0 Å². The number of imidazole rings is 1. The summed E-state index contributed by atoms with van der Waals surface area (Å²) in [5, 5.41) is 0. The highest BCUT2D eigenvalue weighted by Crippen LogP contribution is 2.24. The van der Waals surface area contributed by atoms with Gasteiger partial charge in [-0.25, -0.2) is 4.98 Å². The van der Waals surface area contributed by atoms with Gasteiger partial charge in [-0.15, -0.1) is 0 Å². The first-order chi connectivity index (χ1) is 7.22. The summed E-state index contributed by atoms with van der Waals surface area (Å²) >= 11 is 0. The molecule has 1 atom stereocenters. The number of para-hydroxylation sites is 1. The molecule has 15 heavy (non-hydrogen) atoms. The second kappa shape index (κ2) is 4.03. The van der Waals surface area contributed by atoms with Gasteiger partial charge >= 0.3 is 0 Å². The first-order valence-electron chi connectivity index (χ1n) is 5.29. The molecule has 1 N–H and O–H groups in total. The van der Waals surface area contributed by atoms with Gasteiger partial charge in [0.15, 0.2) is 0 Å². The summed E-state index contributed by atoms with van der Waals surface area (Å²) in [7, 11) is 0. The molecular weight excluding hydrogens is 188 g/mol. The van der Waals surface area contributed by atoms with Crippen LogP contribution in [0.3, 0.4) is 0 Å². The van der Waals surface area contributed by atoms with E-state index in [1.165, 1.54) is 5.56 Å². The molecule has 0 bridgehead atoms. The molecule has 3 nitrogen and oxygen atoms in total. The fourth-order valence-corrected chi connectivity index (χ4v) is 1.85. The number of nitrogens with one attached hydrogen (secondary N) is 1. The van der Waals surface area contributed by atoms with Crippen molar-refractivity contribution in [2.75, 3.05) is 6.61 Å². The highest BCUT2D eigenvalue weighted by molar-refractivity contribution is 5.79. The Morgan fingerprint density at radius 2 is 2.27 bits per heavy atom. The topological polar surface area (TPSA) is 37.9 Å². The standard InChI is InChI=1S/C12H16N2O/c1-4-15-8(2)10-6-5-7-11-12(10)14-9(3)13-11/h5-8H,4H2,1-3H3,(H,13,14). The van der Waals surface area contributed by atoms with Gasteiger partial charge in [0.05, 0.1) is 17.1 Å². The molecule has 2 aromatic rings. The van der Waals surface area contributed by atoms with Crippen molar-refractivity contribution in [1.29, 1.82) is 0 Å². The molecular formula is C12H16N2O. The molecule has 0 aliphatic carbocycles. The average Bonchev–Trinajstić information content (AvgIpc) is 2.57. The fourth-order valence-electron chi connectivity index (χ4n) is 1.85. The van der Waals surface area contributed by atoms with Crippen LogP contribution in [0.1, 0.15) is 31.3 Å². The number of rotatable bonds is 3. The van der Waals surface area contributed by atoms with E-state index in [0.29, 0.717) is 0 Å². The lowest BCUT2D eigenvalue weighted by atomic mass is 10.1. The van der Waals surface area contributed by atoms with Crippen LogP contribution in [-0.2, 0) is 4.74 Å². The predicted molar refractivity (Wildman–Crippen MR) is 60.9 cm³/mol. The number of hydrogen-bond donors (Lipinski definition) is 1. The van der Waals surface area contributed by atoms with Crippen molar-refractivity contribution in [3.8, 4) is 0 Å². The zero-order valence-corrected chi connectivity index (χ0v) is 9.37. The molecule has 0 aliphatic rings. The van der Waals surface area contributed by atoms with Gasteiger partial charge in [0, 0.05) is 12.2 Å². The number of hydrogen-bond acceptors (Lipinski definition) is 2. The normalized spacial score (nSPS) is 13.3. The van der Waals surface area contributed by atoms with E-state index in [9.17, 15) is 0 Å². The van der Waals surface area contributed by atoms with E-state index in [2.05, 4.69) is 23.0 Å². The van der Waals surface area contributed by atoms with Crippen molar-refractivity contribution in [2.45, 2.75) is 26.9 Å². The molecule has 0 amide bonds. The van der Waals surface area contributed by atoms with Gasteiger partial charge in [-0.2, -0.15) is 0 Å². The molecule has 0 spiro atoms. The fraction of sp³-hybridized carbons (Fsp3) is 0.417. The number of aryl methyl sites for hydroxylation is 1. The zero-order chi connectivity index (χ0) is 10.8. The number of nitrogens with zero attached hydrogens (tertiary/aromatic N) is 1. The minimum absolute atomic E-state index is 0.110. The van der Waals surface area contributed by atoms with Crippen LogP contribution in [0.4, 0.5) is 0 Å². The van der Waals surface area contributed by atoms with E-state index in [-0.39, 0.29) is 6.10 Å². The summed E-state index contributed by atoms with van der Waals surface area (Å²) in [6.45, 7) is 6.77. The predicted octanol–water partition coefficient (Wildman–Crippen LogP) is 2.97. The quantitative estimate of drug-likeness (QED) is 0.834. The SMILES string of the molecule is CCOC(C)c1cccc2nc(C)[nH]c12. The average molecular weight is 204 g/mol. The molecule has 0 radical (unpaired) electrons. The summed E-state index contributed by atoms with van der Waals surface area (Å²) in [6, 6.07) is 6.12. The largest absolute Gasteiger partial charge is 0.374 e. The van der Waals surface area contributed by atoms with Crippen LogP contribution in [0, 0.1) is 6.92 Å². The molecule has 0 saturated heterocycles. The summed E-state index contributed by atoms with van der Waals surface area (Å²) in [4.78, 5) is 7.68. The van der Waals surface area contributed by atoms with E-state index in [4.69, 9.17) is 4.74 Å². The molecule has 1 aromatic carbocycles. The molecule has 1 unspecified atom stereocenters. The molecule has 80 valence electrons. The van der Waals surface area contributed by atoms with Crippen molar-refractivity contribution in [2.24, 2.45) is 0 Å². The van der Waals surface area contributed by atoms with Crippen LogP contribution in [0.15, 0.2) is 18.2 Å². The zero-order valence-electron chi connectivity index (χ0n) is 9.37. The molecule has 1 aromatic heterocycles. The minimum atomic E-state index is 0.110. The van der Waals surface area contributed by atoms with Gasteiger partial charge < -0.3 is 9.72 Å². The number of ether oxygens (including phenoxy) is 1. The summed E-state index contributed by atoms with van der Waals surface area (Å²) in [5.41, 5.74) is 3.28. The van der Waals surface area contributed by atoms with Crippen molar-refractivity contribution in [3.63, 3.8) is 0 Å². The van der Waals surface area contributed by atoms with Gasteiger partial charge in [0.25, 0.3) is 0 Å². The highest BCUT2D eigenvalue weighted by atomic mass is 16.5. The monoisotopic (exact) mass is 204 g/mol. The van der Waals surface area contributed by atoms with Crippen LogP contribution >= 0.6 is 0 Å². The van der Waals surface area contributed by atoms with Crippen LogP contribution in [-0.4, -0.2) is 16.6 Å². The Hall–Kier alpha value is -1.35. The Kier molecular flexibility index (Phi) is 2.73. The maximum atomic E-state index is 5.60. The summed E-state index contributed by atoms with van der Waals surface area (Å²) in [5.74, 6) is 0.946. The summed E-state index contributed by atoms with van der Waals surface area (Å²) in [6.07, 6.45) is 0.110. The van der Waals surface area contributed by atoms with Gasteiger partial charge in [-0.05, 0) is 26.8 Å². The van der Waals surface area contributed by atoms with Crippen molar-refractivity contribution in [3.05, 3.63) is 29.6 Å². The third-order valence-corrected chi connectivity index (χ3v) is 2.52. The molecule has 2 rings (SSSR count). The Balaban J connectivity index is 2.50. The van der Waals surface area contributed by atoms with Gasteiger partial charge in [0.1, 0.15) is 5.82 Å². The lowest BCUT2D eigenvalue weighted by Gasteiger charge is -2.12. The maximum absolute atomic E-state index is 5.60. The van der Waals surface area contributed by atoms with E-state index in [1.54, 1.807) is 0 Å². The summed E-state index contributed by atoms with van der Waals surface area (Å²) < 4.78 is 5.60. The van der Waals surface area contributed by atoms with E-state index >= 15 is 0 Å².